The molecule has 1 unspecified atom stereocenters. The van der Waals surface area contributed by atoms with E-state index in [1.807, 2.05) is 0 Å². The quantitative estimate of drug-likeness (QED) is 0.559. The molecule has 0 saturated carbocycles. The number of furan rings is 1. The minimum atomic E-state index is -2.04. The Morgan fingerprint density at radius 1 is 1.25 bits per heavy atom. The van der Waals surface area contributed by atoms with E-state index in [0.29, 0.717) is 0 Å². The van der Waals surface area contributed by atoms with Crippen LogP contribution in [0.4, 0.5) is 0 Å². The van der Waals surface area contributed by atoms with E-state index in [-0.39, 0.29) is 33.8 Å². The van der Waals surface area contributed by atoms with Gasteiger partial charge in [-0.15, -0.1) is 0 Å². The van der Waals surface area contributed by atoms with Crippen molar-refractivity contribution in [1.82, 2.24) is 4.98 Å². The summed E-state index contributed by atoms with van der Waals surface area (Å²) in [5.74, 6) is -4.89. The second kappa shape index (κ2) is 5.36. The van der Waals surface area contributed by atoms with E-state index in [1.165, 1.54) is 32.5 Å². The van der Waals surface area contributed by atoms with Crippen LogP contribution in [0.1, 0.15) is 55.1 Å². The number of carbonyl (C=O) groups excluding carboxylic acids is 3. The molecule has 1 atom stereocenters. The maximum Gasteiger partial charge on any atom is 0.342 e. The Bertz CT molecular complexity index is 879. The third-order valence-electron chi connectivity index (χ3n) is 3.86. The normalized spacial score (nSPS) is 15.5. The number of esters is 1. The molecule has 2 aromatic rings. The van der Waals surface area contributed by atoms with Crippen molar-refractivity contribution in [2.24, 2.45) is 0 Å². The van der Waals surface area contributed by atoms with Crippen LogP contribution in [-0.2, 0) is 15.3 Å². The van der Waals surface area contributed by atoms with E-state index in [2.05, 4.69) is 9.72 Å². The number of hydrogen-bond acceptors (Lipinski definition) is 8. The molecule has 8 heteroatoms. The zero-order valence-electron chi connectivity index (χ0n) is 13.1. The smallest absolute Gasteiger partial charge is 0.342 e. The van der Waals surface area contributed by atoms with Crippen LogP contribution in [0.25, 0.3) is 0 Å². The molecular weight excluding hydrogens is 318 g/mol. The molecule has 0 amide bonds. The van der Waals surface area contributed by atoms with Crippen molar-refractivity contribution in [3.05, 3.63) is 52.2 Å². The number of aromatic nitrogens is 1. The third-order valence-corrected chi connectivity index (χ3v) is 3.86. The molecule has 124 valence electrons. The standard InChI is InChI=1S/C16H13NO7/c1-16(21,23-3)14-10(15(20)22-2)9-11(18)8-6-17-5-4-7(8)12(19)13(9)24-14/h4-6,21H,1-3H3. The van der Waals surface area contributed by atoms with Crippen LogP contribution >= 0.6 is 0 Å². The van der Waals surface area contributed by atoms with E-state index >= 15 is 0 Å². The zero-order valence-corrected chi connectivity index (χ0v) is 13.1. The summed E-state index contributed by atoms with van der Waals surface area (Å²) in [6, 6.07) is 1.38. The second-order valence-corrected chi connectivity index (χ2v) is 5.27. The van der Waals surface area contributed by atoms with Gasteiger partial charge in [-0.3, -0.25) is 14.6 Å². The summed E-state index contributed by atoms with van der Waals surface area (Å²) < 4.78 is 15.0. The molecule has 3 rings (SSSR count). The molecule has 24 heavy (non-hydrogen) atoms. The first kappa shape index (κ1) is 16.0. The fraction of sp³-hybridized carbons (Fsp3) is 0.250. The second-order valence-electron chi connectivity index (χ2n) is 5.27. The monoisotopic (exact) mass is 331 g/mol. The Morgan fingerprint density at radius 2 is 1.96 bits per heavy atom. The lowest BCUT2D eigenvalue weighted by molar-refractivity contribution is -0.191. The van der Waals surface area contributed by atoms with E-state index < -0.39 is 23.3 Å². The van der Waals surface area contributed by atoms with Crippen molar-refractivity contribution in [1.29, 1.82) is 0 Å². The van der Waals surface area contributed by atoms with Crippen LogP contribution in [0.15, 0.2) is 22.9 Å². The molecule has 2 heterocycles. The van der Waals surface area contributed by atoms with Crippen LogP contribution in [0.5, 0.6) is 0 Å². The van der Waals surface area contributed by atoms with Gasteiger partial charge in [-0.05, 0) is 13.0 Å². The van der Waals surface area contributed by atoms with E-state index in [9.17, 15) is 19.5 Å². The highest BCUT2D eigenvalue weighted by atomic mass is 16.6. The van der Waals surface area contributed by atoms with E-state index in [1.54, 1.807) is 0 Å². The largest absolute Gasteiger partial charge is 0.465 e. The van der Waals surface area contributed by atoms with Crippen molar-refractivity contribution in [2.45, 2.75) is 12.7 Å². The van der Waals surface area contributed by atoms with E-state index in [4.69, 9.17) is 9.15 Å². The van der Waals surface area contributed by atoms with Crippen molar-refractivity contribution in [2.75, 3.05) is 14.2 Å². The predicted octanol–water partition coefficient (Wildman–Crippen LogP) is 1.05. The average Bonchev–Trinajstić information content (AvgIpc) is 3.01. The number of nitrogens with zero attached hydrogens (tertiary/aromatic N) is 1. The lowest BCUT2D eigenvalue weighted by atomic mass is 9.87. The molecule has 0 fully saturated rings. The molecule has 0 aromatic carbocycles. The first-order valence-electron chi connectivity index (χ1n) is 6.90. The topological polar surface area (TPSA) is 116 Å². The van der Waals surface area contributed by atoms with Gasteiger partial charge in [-0.25, -0.2) is 4.79 Å². The van der Waals surface area contributed by atoms with Crippen LogP contribution in [-0.4, -0.2) is 41.8 Å². The highest BCUT2D eigenvalue weighted by Gasteiger charge is 2.44. The molecule has 1 N–H and O–H groups in total. The number of aliphatic hydroxyl groups is 1. The van der Waals surface area contributed by atoms with Crippen LogP contribution in [0.3, 0.4) is 0 Å². The number of pyridine rings is 1. The van der Waals surface area contributed by atoms with Crippen LogP contribution < -0.4 is 0 Å². The highest BCUT2D eigenvalue weighted by molar-refractivity contribution is 6.29. The Kier molecular flexibility index (Phi) is 3.58. The van der Waals surface area contributed by atoms with Gasteiger partial charge in [0.15, 0.2) is 17.3 Å². The molecule has 2 aromatic heterocycles. The molecule has 1 aliphatic carbocycles. The Balaban J connectivity index is 2.35. The fourth-order valence-corrected chi connectivity index (χ4v) is 2.55. The number of ketones is 2. The van der Waals surface area contributed by atoms with Crippen molar-refractivity contribution in [3.63, 3.8) is 0 Å². The average molecular weight is 331 g/mol. The fourth-order valence-electron chi connectivity index (χ4n) is 2.55. The maximum absolute atomic E-state index is 12.7. The Hall–Kier alpha value is -2.84. The molecule has 0 spiro atoms. The van der Waals surface area contributed by atoms with Crippen molar-refractivity contribution < 1.29 is 33.4 Å². The lowest BCUT2D eigenvalue weighted by Crippen LogP contribution is -2.26. The molecular formula is C16H13NO7. The first-order chi connectivity index (χ1) is 11.3. The highest BCUT2D eigenvalue weighted by Crippen LogP contribution is 2.37. The van der Waals surface area contributed by atoms with Gasteiger partial charge in [0, 0.05) is 25.1 Å². The van der Waals surface area contributed by atoms with Gasteiger partial charge in [0.25, 0.3) is 0 Å². The Labute approximate surface area is 136 Å². The molecule has 0 saturated heterocycles. The predicted molar refractivity (Wildman–Crippen MR) is 77.7 cm³/mol. The summed E-state index contributed by atoms with van der Waals surface area (Å²) in [6.45, 7) is 1.22. The van der Waals surface area contributed by atoms with Crippen molar-refractivity contribution >= 4 is 17.5 Å². The summed E-state index contributed by atoms with van der Waals surface area (Å²) in [7, 11) is 2.29. The van der Waals surface area contributed by atoms with Gasteiger partial charge < -0.3 is 19.0 Å². The van der Waals surface area contributed by atoms with Gasteiger partial charge >= 0.3 is 5.97 Å². The number of hydrogen-bond donors (Lipinski definition) is 1. The lowest BCUT2D eigenvalue weighted by Gasteiger charge is -2.19. The summed E-state index contributed by atoms with van der Waals surface area (Å²) in [5.41, 5.74) is -0.451. The van der Waals surface area contributed by atoms with Gasteiger partial charge in [0.05, 0.1) is 18.2 Å². The van der Waals surface area contributed by atoms with Crippen LogP contribution in [0, 0.1) is 0 Å². The molecule has 1 aliphatic rings. The number of fused-ring (bicyclic) bond motifs is 2. The molecule has 0 bridgehead atoms. The number of ether oxygens (including phenoxy) is 2. The van der Waals surface area contributed by atoms with Gasteiger partial charge in [0.1, 0.15) is 5.56 Å². The Morgan fingerprint density at radius 3 is 2.58 bits per heavy atom. The van der Waals surface area contributed by atoms with E-state index in [0.717, 1.165) is 7.11 Å². The third kappa shape index (κ3) is 2.08. The summed E-state index contributed by atoms with van der Waals surface area (Å²) >= 11 is 0. The van der Waals surface area contributed by atoms with Gasteiger partial charge in [-0.1, -0.05) is 0 Å². The molecule has 8 nitrogen and oxygen atoms in total. The molecule has 0 radical (unpaired) electrons. The minimum Gasteiger partial charge on any atom is -0.465 e. The SMILES string of the molecule is COC(=O)c1c(C(C)(O)OC)oc2c1C(=O)c1cnccc1C2=O. The van der Waals surface area contributed by atoms with Crippen LogP contribution in [0.2, 0.25) is 0 Å². The first-order valence-corrected chi connectivity index (χ1v) is 6.90. The summed E-state index contributed by atoms with van der Waals surface area (Å²) in [5, 5.41) is 10.3. The minimum absolute atomic E-state index is 0.0459. The molecule has 0 aliphatic heterocycles. The van der Waals surface area contributed by atoms with Gasteiger partial charge in [0.2, 0.25) is 11.6 Å². The summed E-state index contributed by atoms with van der Waals surface area (Å²) in [6.07, 6.45) is 2.60. The zero-order chi connectivity index (χ0) is 17.6. The maximum atomic E-state index is 12.7. The van der Waals surface area contributed by atoms with Gasteiger partial charge in [-0.2, -0.15) is 0 Å². The summed E-state index contributed by atoms with van der Waals surface area (Å²) in [4.78, 5) is 41.3. The number of carbonyl (C=O) groups is 3. The number of methoxy groups -OCH3 is 2. The van der Waals surface area contributed by atoms with Crippen molar-refractivity contribution in [3.8, 4) is 0 Å². The number of rotatable bonds is 3.